The third-order valence-corrected chi connectivity index (χ3v) is 4.54. The maximum atomic E-state index is 12.9. The summed E-state index contributed by atoms with van der Waals surface area (Å²) in [5.74, 6) is -0.759. The number of carbonyl (C=O) groups is 2. The summed E-state index contributed by atoms with van der Waals surface area (Å²) in [7, 11) is 0. The molecule has 0 radical (unpaired) electrons. The first-order valence-corrected chi connectivity index (χ1v) is 9.48. The molecule has 3 rings (SSSR count). The van der Waals surface area contributed by atoms with E-state index >= 15 is 0 Å². The van der Waals surface area contributed by atoms with Crippen LogP contribution in [0.2, 0.25) is 0 Å². The minimum Gasteiger partial charge on any atom is -0.461 e. The number of H-pyrrole nitrogens is 1. The number of hydrogen-bond acceptors (Lipinski definition) is 3. The monoisotopic (exact) mass is 378 g/mol. The van der Waals surface area contributed by atoms with Crippen LogP contribution in [0.5, 0.6) is 0 Å². The first kappa shape index (κ1) is 19.7. The summed E-state index contributed by atoms with van der Waals surface area (Å²) in [5, 5.41) is 3.82. The molecule has 3 aromatic rings. The molecule has 0 aliphatic heterocycles. The Morgan fingerprint density at radius 3 is 2.46 bits per heavy atom. The van der Waals surface area contributed by atoms with Crippen LogP contribution in [0, 0.1) is 13.8 Å². The Labute approximate surface area is 165 Å². The molecular weight excluding hydrogens is 352 g/mol. The number of amides is 1. The lowest BCUT2D eigenvalue weighted by molar-refractivity contribution is -0.149. The van der Waals surface area contributed by atoms with Gasteiger partial charge in [-0.1, -0.05) is 42.0 Å². The van der Waals surface area contributed by atoms with Crippen molar-refractivity contribution in [1.29, 1.82) is 0 Å². The molecule has 1 aromatic heterocycles. The van der Waals surface area contributed by atoms with Gasteiger partial charge >= 0.3 is 5.97 Å². The standard InChI is InChI=1S/C23H26N2O3/c1-14(2)28-23(27)20(12-17-8-6-5-7-9-17)25-22(26)19-13-18-11-15(3)10-16(4)21(18)24-19/h5-11,13-14,20,24H,12H2,1-4H3,(H,25,26)/t20-/m0/s1. The van der Waals surface area contributed by atoms with Crippen LogP contribution in [-0.2, 0) is 16.0 Å². The van der Waals surface area contributed by atoms with E-state index in [0.717, 1.165) is 27.6 Å². The summed E-state index contributed by atoms with van der Waals surface area (Å²) in [6.07, 6.45) is 0.123. The fourth-order valence-corrected chi connectivity index (χ4v) is 3.33. The Bertz CT molecular complexity index is 990. The zero-order valence-corrected chi connectivity index (χ0v) is 16.7. The van der Waals surface area contributed by atoms with Gasteiger partial charge in [0.15, 0.2) is 0 Å². The molecule has 0 bridgehead atoms. The van der Waals surface area contributed by atoms with Gasteiger partial charge in [0.1, 0.15) is 11.7 Å². The lowest BCUT2D eigenvalue weighted by Crippen LogP contribution is -2.44. The molecule has 0 saturated carbocycles. The number of nitrogens with one attached hydrogen (secondary N) is 2. The predicted octanol–water partition coefficient (Wildman–Crippen LogP) is 4.08. The van der Waals surface area contributed by atoms with Gasteiger partial charge < -0.3 is 15.0 Å². The van der Waals surface area contributed by atoms with Gasteiger partial charge in [0.25, 0.3) is 5.91 Å². The molecule has 0 saturated heterocycles. The number of carbonyl (C=O) groups excluding carboxylic acids is 2. The van der Waals surface area contributed by atoms with E-state index in [2.05, 4.69) is 16.4 Å². The molecule has 0 aliphatic carbocycles. The summed E-state index contributed by atoms with van der Waals surface area (Å²) in [4.78, 5) is 28.6. The van der Waals surface area contributed by atoms with Crippen molar-refractivity contribution in [3.05, 3.63) is 70.9 Å². The van der Waals surface area contributed by atoms with Crippen LogP contribution < -0.4 is 5.32 Å². The van der Waals surface area contributed by atoms with Gasteiger partial charge in [-0.25, -0.2) is 4.79 Å². The zero-order valence-electron chi connectivity index (χ0n) is 16.7. The van der Waals surface area contributed by atoms with E-state index in [1.807, 2.05) is 56.3 Å². The van der Waals surface area contributed by atoms with Crippen molar-refractivity contribution in [1.82, 2.24) is 10.3 Å². The van der Waals surface area contributed by atoms with Crippen LogP contribution in [0.4, 0.5) is 0 Å². The van der Waals surface area contributed by atoms with Gasteiger partial charge in [-0.3, -0.25) is 4.79 Å². The van der Waals surface area contributed by atoms with Gasteiger partial charge in [0.05, 0.1) is 6.10 Å². The van der Waals surface area contributed by atoms with E-state index in [1.54, 1.807) is 13.8 Å². The lowest BCUT2D eigenvalue weighted by atomic mass is 10.1. The SMILES string of the molecule is Cc1cc(C)c2[nH]c(C(=O)N[C@@H](Cc3ccccc3)C(=O)OC(C)C)cc2c1. The number of hydrogen-bond donors (Lipinski definition) is 2. The van der Waals surface area contributed by atoms with Crippen LogP contribution in [0.1, 0.15) is 41.0 Å². The lowest BCUT2D eigenvalue weighted by Gasteiger charge is -2.19. The fourth-order valence-electron chi connectivity index (χ4n) is 3.33. The quantitative estimate of drug-likeness (QED) is 0.635. The first-order chi connectivity index (χ1) is 13.3. The number of esters is 1. The van der Waals surface area contributed by atoms with E-state index in [1.165, 1.54) is 0 Å². The topological polar surface area (TPSA) is 71.2 Å². The van der Waals surface area contributed by atoms with Crippen LogP contribution >= 0.6 is 0 Å². The van der Waals surface area contributed by atoms with Crippen LogP contribution in [0.15, 0.2) is 48.5 Å². The molecule has 0 spiro atoms. The molecule has 5 heteroatoms. The Morgan fingerprint density at radius 1 is 1.07 bits per heavy atom. The van der Waals surface area contributed by atoms with Crippen molar-refractivity contribution in [2.45, 2.75) is 46.3 Å². The second-order valence-corrected chi connectivity index (χ2v) is 7.43. The fraction of sp³-hybridized carbons (Fsp3) is 0.304. The average Bonchev–Trinajstić information content (AvgIpc) is 3.06. The highest BCUT2D eigenvalue weighted by Crippen LogP contribution is 2.21. The molecule has 0 unspecified atom stereocenters. The summed E-state index contributed by atoms with van der Waals surface area (Å²) in [5.41, 5.74) is 4.53. The van der Waals surface area contributed by atoms with Crippen molar-refractivity contribution in [2.24, 2.45) is 0 Å². The molecule has 146 valence electrons. The molecule has 0 fully saturated rings. The Morgan fingerprint density at radius 2 is 1.79 bits per heavy atom. The van der Waals surface area contributed by atoms with Crippen molar-refractivity contribution >= 4 is 22.8 Å². The normalized spacial score (nSPS) is 12.2. The van der Waals surface area contributed by atoms with Gasteiger partial charge in [-0.2, -0.15) is 0 Å². The molecule has 2 aromatic carbocycles. The zero-order chi connectivity index (χ0) is 20.3. The first-order valence-electron chi connectivity index (χ1n) is 9.48. The summed E-state index contributed by atoms with van der Waals surface area (Å²) in [6, 6.07) is 14.7. The second kappa shape index (κ2) is 8.30. The highest BCUT2D eigenvalue weighted by molar-refractivity contribution is 6.00. The smallest absolute Gasteiger partial charge is 0.329 e. The number of fused-ring (bicyclic) bond motifs is 1. The molecule has 1 atom stereocenters. The Hall–Kier alpha value is -3.08. The van der Waals surface area contributed by atoms with Crippen LogP contribution in [0.3, 0.4) is 0 Å². The van der Waals surface area contributed by atoms with E-state index in [9.17, 15) is 9.59 Å². The largest absolute Gasteiger partial charge is 0.461 e. The molecule has 0 aliphatic rings. The number of aromatic amines is 1. The highest BCUT2D eigenvalue weighted by atomic mass is 16.5. The average molecular weight is 378 g/mol. The van der Waals surface area contributed by atoms with Crippen LogP contribution in [0.25, 0.3) is 10.9 Å². The van der Waals surface area contributed by atoms with Gasteiger partial charge in [0.2, 0.25) is 0 Å². The molecule has 1 heterocycles. The van der Waals surface area contributed by atoms with Crippen molar-refractivity contribution < 1.29 is 14.3 Å². The molecule has 1 amide bonds. The van der Waals surface area contributed by atoms with Gasteiger partial charge in [-0.15, -0.1) is 0 Å². The highest BCUT2D eigenvalue weighted by Gasteiger charge is 2.25. The Kier molecular flexibility index (Phi) is 5.83. The van der Waals surface area contributed by atoms with E-state index in [4.69, 9.17) is 4.74 Å². The minimum atomic E-state index is -0.758. The molecule has 5 nitrogen and oxygen atoms in total. The van der Waals surface area contributed by atoms with Gasteiger partial charge in [-0.05, 0) is 51.0 Å². The predicted molar refractivity (Wildman–Crippen MR) is 110 cm³/mol. The van der Waals surface area contributed by atoms with E-state index in [-0.39, 0.29) is 12.0 Å². The molecular formula is C23H26N2O3. The third-order valence-electron chi connectivity index (χ3n) is 4.54. The molecule has 28 heavy (non-hydrogen) atoms. The van der Waals surface area contributed by atoms with E-state index < -0.39 is 12.0 Å². The molecule has 2 N–H and O–H groups in total. The maximum absolute atomic E-state index is 12.9. The number of rotatable bonds is 6. The summed E-state index contributed by atoms with van der Waals surface area (Å²) >= 11 is 0. The minimum absolute atomic E-state index is 0.249. The van der Waals surface area contributed by atoms with Crippen LogP contribution in [-0.4, -0.2) is 29.0 Å². The van der Waals surface area contributed by atoms with Crippen molar-refractivity contribution in [3.8, 4) is 0 Å². The van der Waals surface area contributed by atoms with Gasteiger partial charge in [0, 0.05) is 17.3 Å². The Balaban J connectivity index is 1.83. The summed E-state index contributed by atoms with van der Waals surface area (Å²) in [6.45, 7) is 7.62. The maximum Gasteiger partial charge on any atom is 0.329 e. The third kappa shape index (κ3) is 4.60. The van der Waals surface area contributed by atoms with E-state index in [0.29, 0.717) is 12.1 Å². The number of aromatic nitrogens is 1. The number of aryl methyl sites for hydroxylation is 2. The van der Waals surface area contributed by atoms with Crippen molar-refractivity contribution in [2.75, 3.05) is 0 Å². The second-order valence-electron chi connectivity index (χ2n) is 7.43. The van der Waals surface area contributed by atoms with Crippen molar-refractivity contribution in [3.63, 3.8) is 0 Å². The number of benzene rings is 2. The summed E-state index contributed by atoms with van der Waals surface area (Å²) < 4.78 is 5.35. The number of ether oxygens (including phenoxy) is 1.